The van der Waals surface area contributed by atoms with Crippen LogP contribution in [0.1, 0.15) is 52.9 Å². The lowest BCUT2D eigenvalue weighted by atomic mass is 9.85. The number of nitrogens with zero attached hydrogens (tertiary/aromatic N) is 1. The predicted octanol–water partition coefficient (Wildman–Crippen LogP) is 2.87. The van der Waals surface area contributed by atoms with E-state index in [1.807, 2.05) is 0 Å². The van der Waals surface area contributed by atoms with Crippen molar-refractivity contribution in [1.29, 1.82) is 0 Å². The minimum atomic E-state index is 0.491. The van der Waals surface area contributed by atoms with Gasteiger partial charge in [-0.1, -0.05) is 20.3 Å². The monoisotopic (exact) mass is 238 g/mol. The zero-order valence-electron chi connectivity index (χ0n) is 11.9. The normalized spacial score (nSPS) is 44.1. The Balaban J connectivity index is 1.81. The molecule has 1 saturated heterocycles. The Kier molecular flexibility index (Phi) is 4.48. The zero-order chi connectivity index (χ0) is 12.4. The second kappa shape index (κ2) is 5.71. The summed E-state index contributed by atoms with van der Waals surface area (Å²) in [7, 11) is 0. The Morgan fingerprint density at radius 1 is 1.18 bits per heavy atom. The second-order valence-electron chi connectivity index (χ2n) is 6.70. The maximum atomic E-state index is 6.17. The van der Waals surface area contributed by atoms with Crippen LogP contribution in [0.4, 0.5) is 0 Å². The molecule has 100 valence electrons. The van der Waals surface area contributed by atoms with E-state index in [9.17, 15) is 0 Å². The van der Waals surface area contributed by atoms with Crippen LogP contribution in [-0.2, 0) is 0 Å². The number of hydrogen-bond acceptors (Lipinski definition) is 2. The maximum Gasteiger partial charge on any atom is 0.00927 e. The van der Waals surface area contributed by atoms with Crippen molar-refractivity contribution in [3.8, 4) is 0 Å². The van der Waals surface area contributed by atoms with Gasteiger partial charge < -0.3 is 10.6 Å². The van der Waals surface area contributed by atoms with Crippen molar-refractivity contribution >= 4 is 0 Å². The molecule has 1 aliphatic carbocycles. The van der Waals surface area contributed by atoms with E-state index < -0.39 is 0 Å². The van der Waals surface area contributed by atoms with E-state index in [0.29, 0.717) is 6.04 Å². The van der Waals surface area contributed by atoms with Crippen LogP contribution in [0.25, 0.3) is 0 Å². The van der Waals surface area contributed by atoms with Gasteiger partial charge in [-0.05, 0) is 56.9 Å². The van der Waals surface area contributed by atoms with Gasteiger partial charge in [-0.3, -0.25) is 0 Å². The lowest BCUT2D eigenvalue weighted by Crippen LogP contribution is -2.46. The van der Waals surface area contributed by atoms with Gasteiger partial charge >= 0.3 is 0 Å². The molecular weight excluding hydrogens is 208 g/mol. The fourth-order valence-corrected chi connectivity index (χ4v) is 3.88. The fraction of sp³-hybridized carbons (Fsp3) is 1.00. The first-order chi connectivity index (χ1) is 8.08. The first-order valence-corrected chi connectivity index (χ1v) is 7.57. The third-order valence-electron chi connectivity index (χ3n) is 5.22. The molecule has 0 aromatic heterocycles. The van der Waals surface area contributed by atoms with Gasteiger partial charge in [0.2, 0.25) is 0 Å². The fourth-order valence-electron chi connectivity index (χ4n) is 3.88. The van der Waals surface area contributed by atoms with Crippen molar-refractivity contribution in [3.05, 3.63) is 0 Å². The molecule has 5 unspecified atom stereocenters. The maximum absolute atomic E-state index is 6.17. The van der Waals surface area contributed by atoms with Crippen molar-refractivity contribution in [2.24, 2.45) is 23.5 Å². The van der Waals surface area contributed by atoms with Gasteiger partial charge in [-0.25, -0.2) is 0 Å². The lowest BCUT2D eigenvalue weighted by Gasteiger charge is -2.41. The standard InChI is InChI=1S/C15H30N2/c1-11-9-12(2)13(3)17(10-11)8-7-14-5-4-6-15(14)16/h11-15H,4-10,16H2,1-3H3. The van der Waals surface area contributed by atoms with E-state index in [0.717, 1.165) is 23.8 Å². The SMILES string of the molecule is CC1CC(C)C(C)N(CCC2CCCC2N)C1. The largest absolute Gasteiger partial charge is 0.327 e. The van der Waals surface area contributed by atoms with Crippen LogP contribution in [0.2, 0.25) is 0 Å². The quantitative estimate of drug-likeness (QED) is 0.819. The molecule has 0 aromatic carbocycles. The van der Waals surface area contributed by atoms with Crippen molar-refractivity contribution in [2.75, 3.05) is 13.1 Å². The first kappa shape index (κ1) is 13.4. The Bertz CT molecular complexity index is 241. The zero-order valence-corrected chi connectivity index (χ0v) is 11.9. The van der Waals surface area contributed by atoms with Crippen LogP contribution < -0.4 is 5.73 Å². The van der Waals surface area contributed by atoms with Gasteiger partial charge in [0.15, 0.2) is 0 Å². The average molecular weight is 238 g/mol. The Morgan fingerprint density at radius 2 is 1.94 bits per heavy atom. The summed E-state index contributed by atoms with van der Waals surface area (Å²) in [6.45, 7) is 9.79. The van der Waals surface area contributed by atoms with Gasteiger partial charge in [0, 0.05) is 18.6 Å². The highest BCUT2D eigenvalue weighted by Gasteiger charge is 2.30. The topological polar surface area (TPSA) is 29.3 Å². The Morgan fingerprint density at radius 3 is 2.59 bits per heavy atom. The van der Waals surface area contributed by atoms with Crippen LogP contribution in [0.3, 0.4) is 0 Å². The molecule has 1 saturated carbocycles. The molecule has 5 atom stereocenters. The van der Waals surface area contributed by atoms with E-state index in [1.165, 1.54) is 45.2 Å². The minimum Gasteiger partial charge on any atom is -0.327 e. The van der Waals surface area contributed by atoms with Crippen LogP contribution in [0.15, 0.2) is 0 Å². The summed E-state index contributed by atoms with van der Waals surface area (Å²) in [4.78, 5) is 2.71. The Labute approximate surface area is 107 Å². The minimum absolute atomic E-state index is 0.491. The van der Waals surface area contributed by atoms with Gasteiger partial charge in [0.1, 0.15) is 0 Å². The molecule has 0 bridgehead atoms. The van der Waals surface area contributed by atoms with Crippen LogP contribution in [-0.4, -0.2) is 30.1 Å². The summed E-state index contributed by atoms with van der Waals surface area (Å²) in [5, 5.41) is 0. The van der Waals surface area contributed by atoms with E-state index in [-0.39, 0.29) is 0 Å². The number of likely N-dealkylation sites (tertiary alicyclic amines) is 1. The van der Waals surface area contributed by atoms with Gasteiger partial charge in [0.05, 0.1) is 0 Å². The molecule has 1 aliphatic heterocycles. The molecule has 2 rings (SSSR count). The molecular formula is C15H30N2. The van der Waals surface area contributed by atoms with E-state index in [4.69, 9.17) is 5.73 Å². The average Bonchev–Trinajstić information content (AvgIpc) is 2.67. The summed E-state index contributed by atoms with van der Waals surface area (Å²) in [5.74, 6) is 2.53. The third-order valence-corrected chi connectivity index (χ3v) is 5.22. The van der Waals surface area contributed by atoms with Gasteiger partial charge in [0.25, 0.3) is 0 Å². The molecule has 17 heavy (non-hydrogen) atoms. The second-order valence-corrected chi connectivity index (χ2v) is 6.70. The molecule has 1 heterocycles. The molecule has 2 nitrogen and oxygen atoms in total. The number of hydrogen-bond donors (Lipinski definition) is 1. The van der Waals surface area contributed by atoms with Crippen molar-refractivity contribution in [1.82, 2.24) is 4.90 Å². The lowest BCUT2D eigenvalue weighted by molar-refractivity contribution is 0.0737. The summed E-state index contributed by atoms with van der Waals surface area (Å²) in [6.07, 6.45) is 6.71. The molecule has 2 heteroatoms. The van der Waals surface area contributed by atoms with Crippen LogP contribution in [0, 0.1) is 17.8 Å². The smallest absolute Gasteiger partial charge is 0.00927 e. The van der Waals surface area contributed by atoms with Gasteiger partial charge in [-0.2, -0.15) is 0 Å². The number of nitrogens with two attached hydrogens (primary N) is 1. The van der Waals surface area contributed by atoms with Crippen LogP contribution in [0.5, 0.6) is 0 Å². The van der Waals surface area contributed by atoms with Gasteiger partial charge in [-0.15, -0.1) is 0 Å². The highest BCUT2D eigenvalue weighted by molar-refractivity contribution is 4.85. The summed E-state index contributed by atoms with van der Waals surface area (Å²) in [5.41, 5.74) is 6.17. The Hall–Kier alpha value is -0.0800. The summed E-state index contributed by atoms with van der Waals surface area (Å²) >= 11 is 0. The molecule has 2 N–H and O–H groups in total. The van der Waals surface area contributed by atoms with Crippen LogP contribution >= 0.6 is 0 Å². The first-order valence-electron chi connectivity index (χ1n) is 7.57. The predicted molar refractivity (Wildman–Crippen MR) is 73.9 cm³/mol. The van der Waals surface area contributed by atoms with E-state index in [2.05, 4.69) is 25.7 Å². The number of rotatable bonds is 3. The van der Waals surface area contributed by atoms with E-state index in [1.54, 1.807) is 0 Å². The highest BCUT2D eigenvalue weighted by atomic mass is 15.2. The van der Waals surface area contributed by atoms with Crippen molar-refractivity contribution in [3.63, 3.8) is 0 Å². The molecule has 0 spiro atoms. The molecule has 2 aliphatic rings. The highest BCUT2D eigenvalue weighted by Crippen LogP contribution is 2.30. The summed E-state index contributed by atoms with van der Waals surface area (Å²) < 4.78 is 0. The summed E-state index contributed by atoms with van der Waals surface area (Å²) in [6, 6.07) is 1.26. The molecule has 2 fully saturated rings. The van der Waals surface area contributed by atoms with E-state index >= 15 is 0 Å². The van der Waals surface area contributed by atoms with Crippen molar-refractivity contribution in [2.45, 2.75) is 65.0 Å². The van der Waals surface area contributed by atoms with Crippen molar-refractivity contribution < 1.29 is 0 Å². The molecule has 0 aromatic rings. The third kappa shape index (κ3) is 3.23. The molecule has 0 radical (unpaired) electrons. The number of piperidine rings is 1. The molecule has 0 amide bonds.